The number of nitro benzene ring substituents is 2. The number of nitrogens with zero attached hydrogens (tertiary/aromatic N) is 2. The van der Waals surface area contributed by atoms with Gasteiger partial charge >= 0.3 is 218 Å². The zero-order valence-corrected chi connectivity index (χ0v) is 22.7. The van der Waals surface area contributed by atoms with Crippen LogP contribution in [0, 0.1) is 41.0 Å². The maximum atomic E-state index is 11.7. The molecule has 0 fully saturated rings. The molecule has 4 aromatic carbocycles. The van der Waals surface area contributed by atoms with Gasteiger partial charge in [-0.3, -0.25) is 0 Å². The summed E-state index contributed by atoms with van der Waals surface area (Å²) < 4.78 is 0. The van der Waals surface area contributed by atoms with Crippen LogP contribution >= 0.6 is 20.8 Å². The molecule has 0 spiro atoms. The Bertz CT molecular complexity index is 1360. The zero-order valence-electron chi connectivity index (χ0n) is 20.2. The van der Waals surface area contributed by atoms with Crippen LogP contribution in [0.15, 0.2) is 91.0 Å². The summed E-state index contributed by atoms with van der Waals surface area (Å²) in [6.45, 7) is 6.18. The van der Waals surface area contributed by atoms with Gasteiger partial charge in [-0.15, -0.1) is 0 Å². The van der Waals surface area contributed by atoms with E-state index in [-0.39, 0.29) is 11.4 Å². The van der Waals surface area contributed by atoms with E-state index in [1.165, 1.54) is 12.1 Å². The van der Waals surface area contributed by atoms with Gasteiger partial charge < -0.3 is 0 Å². The van der Waals surface area contributed by atoms with Crippen molar-refractivity contribution in [1.29, 1.82) is 0 Å². The maximum absolute atomic E-state index is 11.7. The molecular formula is C28H26BrN2O4P. The van der Waals surface area contributed by atoms with E-state index in [1.807, 2.05) is 36.4 Å². The van der Waals surface area contributed by atoms with Gasteiger partial charge in [0.2, 0.25) is 0 Å². The predicted molar refractivity (Wildman–Crippen MR) is 152 cm³/mol. The van der Waals surface area contributed by atoms with Crippen LogP contribution in [0.2, 0.25) is 0 Å². The summed E-state index contributed by atoms with van der Waals surface area (Å²) in [5.74, 6) is 0. The Labute approximate surface area is 218 Å². The van der Waals surface area contributed by atoms with E-state index in [0.717, 1.165) is 38.7 Å². The van der Waals surface area contributed by atoms with Crippen molar-refractivity contribution in [3.8, 4) is 0 Å². The van der Waals surface area contributed by atoms with Crippen molar-refractivity contribution in [2.75, 3.05) is 0 Å². The standard InChI is InChI=1S/C28H26BrN2O4P/c1-20-10-4-7-13-26(20)36(29,27-14-8-5-11-21(27)2,28-15-9-6-12-22(28)3)19-23-16-24(30(32)33)18-25(17-23)31(34)35/h4-18H,19H2,1-3H3. The Hall–Kier alpha value is -3.41. The topological polar surface area (TPSA) is 86.3 Å². The third kappa shape index (κ3) is 4.23. The predicted octanol–water partition coefficient (Wildman–Crippen LogP) is 6.77. The van der Waals surface area contributed by atoms with Crippen molar-refractivity contribution in [3.05, 3.63) is 133 Å². The molecule has 0 radical (unpaired) electrons. The molecule has 4 rings (SSSR count). The third-order valence-corrected chi connectivity index (χ3v) is 16.4. The average molecular weight is 565 g/mol. The van der Waals surface area contributed by atoms with Crippen LogP contribution in [0.5, 0.6) is 0 Å². The monoisotopic (exact) mass is 564 g/mol. The van der Waals surface area contributed by atoms with Gasteiger partial charge in [0, 0.05) is 0 Å². The molecule has 0 aliphatic rings. The quantitative estimate of drug-likeness (QED) is 0.141. The zero-order chi connectivity index (χ0) is 26.1. The molecule has 0 N–H and O–H groups in total. The van der Waals surface area contributed by atoms with E-state index in [4.69, 9.17) is 0 Å². The van der Waals surface area contributed by atoms with Crippen LogP contribution in [0.3, 0.4) is 0 Å². The van der Waals surface area contributed by atoms with E-state index < -0.39 is 15.2 Å². The van der Waals surface area contributed by atoms with E-state index >= 15 is 0 Å². The van der Waals surface area contributed by atoms with Gasteiger partial charge in [-0.25, -0.2) is 0 Å². The third-order valence-electron chi connectivity index (χ3n) is 6.72. The van der Waals surface area contributed by atoms with Crippen molar-refractivity contribution >= 4 is 48.1 Å². The average Bonchev–Trinajstić information content (AvgIpc) is 2.84. The van der Waals surface area contributed by atoms with Crippen LogP contribution < -0.4 is 15.9 Å². The number of hydrogen-bond donors (Lipinski definition) is 0. The number of hydrogen-bond acceptors (Lipinski definition) is 4. The van der Waals surface area contributed by atoms with Crippen molar-refractivity contribution < 1.29 is 9.85 Å². The van der Waals surface area contributed by atoms with Gasteiger partial charge in [-0.2, -0.15) is 0 Å². The molecule has 0 unspecified atom stereocenters. The molecule has 0 aromatic heterocycles. The normalized spacial score (nSPS) is 12.5. The van der Waals surface area contributed by atoms with Crippen molar-refractivity contribution in [1.82, 2.24) is 0 Å². The van der Waals surface area contributed by atoms with E-state index in [0.29, 0.717) is 11.7 Å². The first kappa shape index (κ1) is 25.7. The number of benzene rings is 4. The molecule has 0 aliphatic heterocycles. The molecule has 0 saturated carbocycles. The fourth-order valence-corrected chi connectivity index (χ4v) is 15.4. The summed E-state index contributed by atoms with van der Waals surface area (Å²) in [5.41, 5.74) is 3.14. The molecular weight excluding hydrogens is 539 g/mol. The molecule has 0 amide bonds. The summed E-state index contributed by atoms with van der Waals surface area (Å²) >= 11 is 4.42. The number of aryl methyl sites for hydroxylation is 3. The first-order valence-electron chi connectivity index (χ1n) is 11.4. The Morgan fingerprint density at radius 3 is 1.28 bits per heavy atom. The second kappa shape index (κ2) is 9.57. The fourth-order valence-electron chi connectivity index (χ4n) is 5.21. The molecule has 6 nitrogen and oxygen atoms in total. The van der Waals surface area contributed by atoms with Gasteiger partial charge in [0.1, 0.15) is 0 Å². The van der Waals surface area contributed by atoms with Crippen molar-refractivity contribution in [3.63, 3.8) is 0 Å². The van der Waals surface area contributed by atoms with E-state index in [2.05, 4.69) is 72.7 Å². The molecule has 0 aliphatic carbocycles. The molecule has 36 heavy (non-hydrogen) atoms. The Kier molecular flexibility index (Phi) is 6.82. The van der Waals surface area contributed by atoms with Gasteiger partial charge in [0.25, 0.3) is 0 Å². The first-order chi connectivity index (χ1) is 17.1. The van der Waals surface area contributed by atoms with Crippen molar-refractivity contribution in [2.45, 2.75) is 26.9 Å². The second-order valence-electron chi connectivity index (χ2n) is 9.07. The number of non-ortho nitro benzene ring substituents is 2. The Balaban J connectivity index is 2.21. The SMILES string of the molecule is Cc1ccccc1P(Br)(Cc1cc([N+](=O)[O-])cc([N+](=O)[O-])c1)(c1ccccc1C)c1ccccc1C. The van der Waals surface area contributed by atoms with Gasteiger partial charge in [0.05, 0.1) is 0 Å². The summed E-state index contributed by atoms with van der Waals surface area (Å²) in [7, 11) is 0. The van der Waals surface area contributed by atoms with Crippen LogP contribution in [-0.4, -0.2) is 9.85 Å². The summed E-state index contributed by atoms with van der Waals surface area (Å²) in [5, 5.41) is 23.1. The van der Waals surface area contributed by atoms with E-state index in [9.17, 15) is 20.2 Å². The minimum absolute atomic E-state index is 0.295. The summed E-state index contributed by atoms with van der Waals surface area (Å²) in [6.07, 6.45) is 0.328. The van der Waals surface area contributed by atoms with Gasteiger partial charge in [-0.1, -0.05) is 0 Å². The molecule has 0 bridgehead atoms. The van der Waals surface area contributed by atoms with Crippen LogP contribution in [-0.2, 0) is 6.16 Å². The molecule has 0 atom stereocenters. The number of rotatable bonds is 7. The number of halogens is 1. The first-order valence-corrected chi connectivity index (χ1v) is 15.8. The Morgan fingerprint density at radius 1 is 0.639 bits per heavy atom. The van der Waals surface area contributed by atoms with E-state index in [1.54, 1.807) is 0 Å². The molecule has 0 saturated heterocycles. The minimum atomic E-state index is -3.58. The van der Waals surface area contributed by atoms with Crippen LogP contribution in [0.4, 0.5) is 11.4 Å². The van der Waals surface area contributed by atoms with Crippen LogP contribution in [0.1, 0.15) is 22.3 Å². The molecule has 0 heterocycles. The van der Waals surface area contributed by atoms with Crippen LogP contribution in [0.25, 0.3) is 0 Å². The molecule has 4 aromatic rings. The Morgan fingerprint density at radius 2 is 0.972 bits per heavy atom. The summed E-state index contributed by atoms with van der Waals surface area (Å²) in [6, 6.07) is 28.4. The van der Waals surface area contributed by atoms with Gasteiger partial charge in [-0.05, 0) is 0 Å². The van der Waals surface area contributed by atoms with Gasteiger partial charge in [0.15, 0.2) is 0 Å². The van der Waals surface area contributed by atoms with Crippen molar-refractivity contribution in [2.24, 2.45) is 0 Å². The summed E-state index contributed by atoms with van der Waals surface area (Å²) in [4.78, 5) is 22.3. The number of nitro groups is 2. The second-order valence-corrected chi connectivity index (χ2v) is 17.9. The molecule has 184 valence electrons. The fraction of sp³-hybridized carbons (Fsp3) is 0.143. The molecule has 8 heteroatoms.